The van der Waals surface area contributed by atoms with E-state index in [9.17, 15) is 5.11 Å². The van der Waals surface area contributed by atoms with E-state index in [1.54, 1.807) is 7.11 Å². The van der Waals surface area contributed by atoms with E-state index in [0.717, 1.165) is 33.4 Å². The van der Waals surface area contributed by atoms with Crippen LogP contribution in [0.25, 0.3) is 45.1 Å². The first-order valence-electron chi connectivity index (χ1n) is 10.9. The summed E-state index contributed by atoms with van der Waals surface area (Å²) in [5.74, 6) is 1.59. The van der Waals surface area contributed by atoms with Gasteiger partial charge in [0.2, 0.25) is 11.8 Å². The smallest absolute Gasteiger partial charge is 0.231 e. The van der Waals surface area contributed by atoms with Gasteiger partial charge in [0.15, 0.2) is 11.2 Å². The molecule has 2 aromatic heterocycles. The van der Waals surface area contributed by atoms with Gasteiger partial charge >= 0.3 is 0 Å². The molecule has 33 heavy (non-hydrogen) atoms. The standard InChI is InChI=1S/C27H26N2O4/c1-15-11-19(26-28-20-12-17(27(2,3)4)9-10-21(20)32-26)23(31-5)13-18(15)25-29-24-16(14-30)7-6-8-22(24)33-25/h6-13,30H,14H2,1-5H3. The summed E-state index contributed by atoms with van der Waals surface area (Å²) in [4.78, 5) is 9.39. The molecule has 0 aliphatic heterocycles. The summed E-state index contributed by atoms with van der Waals surface area (Å²) in [5.41, 5.74) is 7.31. The molecule has 0 amide bonds. The van der Waals surface area contributed by atoms with Crippen LogP contribution in [-0.4, -0.2) is 22.2 Å². The number of fused-ring (bicyclic) bond motifs is 2. The number of aromatic nitrogens is 2. The molecule has 0 saturated heterocycles. The van der Waals surface area contributed by atoms with Crippen LogP contribution >= 0.6 is 0 Å². The van der Waals surface area contributed by atoms with E-state index in [-0.39, 0.29) is 12.0 Å². The number of oxazole rings is 2. The van der Waals surface area contributed by atoms with Crippen LogP contribution in [0.4, 0.5) is 0 Å². The van der Waals surface area contributed by atoms with Gasteiger partial charge in [-0.05, 0) is 53.8 Å². The Hall–Kier alpha value is -3.64. The molecule has 0 atom stereocenters. The molecule has 3 aromatic carbocycles. The highest BCUT2D eigenvalue weighted by Gasteiger charge is 2.21. The van der Waals surface area contributed by atoms with Gasteiger partial charge in [-0.2, -0.15) is 0 Å². The molecule has 2 heterocycles. The van der Waals surface area contributed by atoms with Gasteiger partial charge in [-0.15, -0.1) is 0 Å². The Morgan fingerprint density at radius 3 is 2.39 bits per heavy atom. The van der Waals surface area contributed by atoms with Crippen molar-refractivity contribution in [1.82, 2.24) is 9.97 Å². The summed E-state index contributed by atoms with van der Waals surface area (Å²) >= 11 is 0. The Balaban J connectivity index is 1.62. The highest BCUT2D eigenvalue weighted by atomic mass is 16.5. The maximum atomic E-state index is 9.62. The highest BCUT2D eigenvalue weighted by molar-refractivity contribution is 5.83. The molecule has 0 aliphatic rings. The third-order valence-corrected chi connectivity index (χ3v) is 5.93. The second-order valence-electron chi connectivity index (χ2n) is 9.26. The zero-order valence-corrected chi connectivity index (χ0v) is 19.4. The van der Waals surface area contributed by atoms with Crippen LogP contribution in [0.5, 0.6) is 5.75 Å². The summed E-state index contributed by atoms with van der Waals surface area (Å²) in [6.07, 6.45) is 0. The fourth-order valence-corrected chi connectivity index (χ4v) is 4.01. The number of hydrogen-bond donors (Lipinski definition) is 1. The molecule has 1 N–H and O–H groups in total. The van der Waals surface area contributed by atoms with Gasteiger partial charge in [0, 0.05) is 11.1 Å². The number of ether oxygens (including phenoxy) is 1. The largest absolute Gasteiger partial charge is 0.496 e. The van der Waals surface area contributed by atoms with E-state index in [2.05, 4.69) is 37.9 Å². The number of nitrogens with zero attached hydrogens (tertiary/aromatic N) is 2. The molecule has 5 aromatic rings. The number of methoxy groups -OCH3 is 1. The molecular weight excluding hydrogens is 416 g/mol. The van der Waals surface area contributed by atoms with Crippen molar-refractivity contribution in [2.45, 2.75) is 39.7 Å². The molecule has 0 radical (unpaired) electrons. The predicted molar refractivity (Wildman–Crippen MR) is 128 cm³/mol. The molecule has 0 spiro atoms. The van der Waals surface area contributed by atoms with Crippen molar-refractivity contribution in [3.63, 3.8) is 0 Å². The van der Waals surface area contributed by atoms with Crippen LogP contribution < -0.4 is 4.74 Å². The molecular formula is C27H26N2O4. The van der Waals surface area contributed by atoms with Gasteiger partial charge in [0.1, 0.15) is 16.8 Å². The molecule has 0 bridgehead atoms. The number of aryl methyl sites for hydroxylation is 1. The summed E-state index contributed by atoms with van der Waals surface area (Å²) in [6, 6.07) is 15.5. The lowest BCUT2D eigenvalue weighted by Gasteiger charge is -2.18. The number of aliphatic hydroxyl groups excluding tert-OH is 1. The summed E-state index contributed by atoms with van der Waals surface area (Å²) in [7, 11) is 1.62. The van der Waals surface area contributed by atoms with Crippen LogP contribution in [0, 0.1) is 6.92 Å². The van der Waals surface area contributed by atoms with Gasteiger partial charge in [-0.3, -0.25) is 0 Å². The summed E-state index contributed by atoms with van der Waals surface area (Å²) < 4.78 is 17.8. The number of para-hydroxylation sites is 1. The van der Waals surface area contributed by atoms with Crippen LogP contribution in [0.1, 0.15) is 37.5 Å². The lowest BCUT2D eigenvalue weighted by molar-refractivity contribution is 0.283. The van der Waals surface area contributed by atoms with Crippen molar-refractivity contribution in [3.8, 4) is 28.7 Å². The maximum absolute atomic E-state index is 9.62. The minimum absolute atomic E-state index is 0.0265. The van der Waals surface area contributed by atoms with Gasteiger partial charge in [0.05, 0.1) is 19.3 Å². The fraction of sp³-hybridized carbons (Fsp3) is 0.259. The fourth-order valence-electron chi connectivity index (χ4n) is 4.01. The number of benzene rings is 3. The van der Waals surface area contributed by atoms with E-state index >= 15 is 0 Å². The van der Waals surface area contributed by atoms with Crippen molar-refractivity contribution in [2.24, 2.45) is 0 Å². The summed E-state index contributed by atoms with van der Waals surface area (Å²) in [5, 5.41) is 9.62. The average molecular weight is 443 g/mol. The van der Waals surface area contributed by atoms with Crippen LogP contribution in [0.15, 0.2) is 57.4 Å². The second-order valence-corrected chi connectivity index (χ2v) is 9.26. The van der Waals surface area contributed by atoms with Crippen molar-refractivity contribution >= 4 is 22.2 Å². The molecule has 0 aliphatic carbocycles. The Kier molecular flexibility index (Phi) is 4.98. The molecule has 0 saturated carbocycles. The first-order chi connectivity index (χ1) is 15.8. The Morgan fingerprint density at radius 1 is 0.909 bits per heavy atom. The van der Waals surface area contributed by atoms with E-state index < -0.39 is 0 Å². The molecule has 0 unspecified atom stereocenters. The highest BCUT2D eigenvalue weighted by Crippen LogP contribution is 2.38. The van der Waals surface area contributed by atoms with Crippen LogP contribution in [0.3, 0.4) is 0 Å². The quantitative estimate of drug-likeness (QED) is 0.346. The Bertz CT molecular complexity index is 1490. The van der Waals surface area contributed by atoms with Crippen molar-refractivity contribution in [1.29, 1.82) is 0 Å². The third-order valence-electron chi connectivity index (χ3n) is 5.93. The minimum atomic E-state index is -0.0980. The average Bonchev–Trinajstić information content (AvgIpc) is 3.41. The Labute approximate surface area is 191 Å². The van der Waals surface area contributed by atoms with Gasteiger partial charge in [-0.25, -0.2) is 9.97 Å². The Morgan fingerprint density at radius 2 is 1.67 bits per heavy atom. The van der Waals surface area contributed by atoms with E-state index in [0.29, 0.717) is 28.6 Å². The predicted octanol–water partition coefficient (Wildman–Crippen LogP) is 6.41. The number of rotatable bonds is 4. The van der Waals surface area contributed by atoms with Crippen molar-refractivity contribution in [2.75, 3.05) is 7.11 Å². The lowest BCUT2D eigenvalue weighted by Crippen LogP contribution is -2.10. The summed E-state index contributed by atoms with van der Waals surface area (Å²) in [6.45, 7) is 8.42. The monoisotopic (exact) mass is 442 g/mol. The van der Waals surface area contributed by atoms with Crippen LogP contribution in [0.2, 0.25) is 0 Å². The topological polar surface area (TPSA) is 81.5 Å². The van der Waals surface area contributed by atoms with Gasteiger partial charge < -0.3 is 18.7 Å². The van der Waals surface area contributed by atoms with Crippen LogP contribution in [-0.2, 0) is 12.0 Å². The van der Waals surface area contributed by atoms with E-state index in [4.69, 9.17) is 18.6 Å². The van der Waals surface area contributed by atoms with Gasteiger partial charge in [0.25, 0.3) is 0 Å². The van der Waals surface area contributed by atoms with Gasteiger partial charge in [-0.1, -0.05) is 39.0 Å². The number of aliphatic hydroxyl groups is 1. The van der Waals surface area contributed by atoms with Crippen molar-refractivity contribution < 1.29 is 18.7 Å². The third kappa shape index (κ3) is 3.66. The van der Waals surface area contributed by atoms with Crippen molar-refractivity contribution in [3.05, 3.63) is 65.2 Å². The maximum Gasteiger partial charge on any atom is 0.231 e. The molecule has 6 heteroatoms. The second kappa shape index (κ2) is 7.74. The minimum Gasteiger partial charge on any atom is -0.496 e. The molecule has 5 rings (SSSR count). The molecule has 6 nitrogen and oxygen atoms in total. The first-order valence-corrected chi connectivity index (χ1v) is 10.9. The zero-order chi connectivity index (χ0) is 23.3. The number of hydrogen-bond acceptors (Lipinski definition) is 6. The van der Waals surface area contributed by atoms with E-state index in [1.807, 2.05) is 43.3 Å². The lowest BCUT2D eigenvalue weighted by atomic mass is 9.87. The molecule has 0 fully saturated rings. The zero-order valence-electron chi connectivity index (χ0n) is 19.4. The normalized spacial score (nSPS) is 12.1. The molecule has 168 valence electrons. The SMILES string of the molecule is COc1cc(-c2nc3c(CO)cccc3o2)c(C)cc1-c1nc2cc(C(C)(C)C)ccc2o1. The van der Waals surface area contributed by atoms with E-state index in [1.165, 1.54) is 5.56 Å². The first kappa shape index (κ1) is 21.2.